The zero-order valence-corrected chi connectivity index (χ0v) is 7.89. The maximum Gasteiger partial charge on any atom is 0.165 e. The number of aliphatic hydroxyl groups excluding tert-OH is 1. The molecule has 1 saturated carbocycles. The summed E-state index contributed by atoms with van der Waals surface area (Å²) in [6.07, 6.45) is 4.87. The van der Waals surface area contributed by atoms with E-state index in [9.17, 15) is 9.90 Å². The van der Waals surface area contributed by atoms with E-state index in [0.717, 1.165) is 18.4 Å². The maximum atomic E-state index is 11.5. The van der Waals surface area contributed by atoms with E-state index in [1.165, 1.54) is 0 Å². The Morgan fingerprint density at radius 3 is 2.71 bits per heavy atom. The van der Waals surface area contributed by atoms with E-state index < -0.39 is 6.10 Å². The van der Waals surface area contributed by atoms with Crippen molar-refractivity contribution < 1.29 is 9.90 Å². The molecule has 0 aromatic carbocycles. The van der Waals surface area contributed by atoms with E-state index in [1.807, 2.05) is 0 Å². The second-order valence-electron chi connectivity index (χ2n) is 3.78. The zero-order chi connectivity index (χ0) is 9.97. The Labute approximate surface area is 82.8 Å². The quantitative estimate of drug-likeness (QED) is 0.771. The Morgan fingerprint density at radius 2 is 2.14 bits per heavy atom. The van der Waals surface area contributed by atoms with Crippen LogP contribution in [-0.4, -0.2) is 22.0 Å². The predicted molar refractivity (Wildman–Crippen MR) is 51.7 cm³/mol. The number of rotatable bonds is 4. The zero-order valence-electron chi connectivity index (χ0n) is 7.89. The van der Waals surface area contributed by atoms with Gasteiger partial charge in [-0.25, -0.2) is 0 Å². The summed E-state index contributed by atoms with van der Waals surface area (Å²) in [5, 5.41) is 9.55. The monoisotopic (exact) mass is 191 g/mol. The molecule has 1 atom stereocenters. The van der Waals surface area contributed by atoms with Crippen molar-refractivity contribution in [1.29, 1.82) is 0 Å². The first-order chi connectivity index (χ1) is 6.77. The number of hydrogen-bond donors (Lipinski definition) is 1. The summed E-state index contributed by atoms with van der Waals surface area (Å²) in [4.78, 5) is 15.4. The smallest absolute Gasteiger partial charge is 0.165 e. The third kappa shape index (κ3) is 2.17. The highest BCUT2D eigenvalue weighted by Gasteiger charge is 2.34. The van der Waals surface area contributed by atoms with E-state index in [1.54, 1.807) is 24.5 Å². The van der Waals surface area contributed by atoms with Crippen molar-refractivity contribution >= 4 is 5.78 Å². The molecule has 14 heavy (non-hydrogen) atoms. The summed E-state index contributed by atoms with van der Waals surface area (Å²) in [6.45, 7) is 0. The van der Waals surface area contributed by atoms with Gasteiger partial charge in [0.2, 0.25) is 0 Å². The van der Waals surface area contributed by atoms with Gasteiger partial charge in [-0.1, -0.05) is 0 Å². The number of pyridine rings is 1. The Morgan fingerprint density at radius 1 is 1.50 bits per heavy atom. The number of Topliss-reactive ketones (excluding diaryl/α,β-unsaturated/α-hetero) is 1. The lowest BCUT2D eigenvalue weighted by Crippen LogP contribution is -2.24. The predicted octanol–water partition coefficient (Wildman–Crippen LogP) is 0.964. The molecule has 3 nitrogen and oxygen atoms in total. The van der Waals surface area contributed by atoms with Crippen molar-refractivity contribution in [2.45, 2.75) is 25.4 Å². The van der Waals surface area contributed by atoms with Crippen molar-refractivity contribution in [3.63, 3.8) is 0 Å². The summed E-state index contributed by atoms with van der Waals surface area (Å²) < 4.78 is 0. The average molecular weight is 191 g/mol. The number of hydrogen-bond acceptors (Lipinski definition) is 3. The fraction of sp³-hybridized carbons (Fsp3) is 0.455. The molecule has 0 spiro atoms. The molecule has 0 saturated heterocycles. The Kier molecular flexibility index (Phi) is 2.59. The molecule has 2 rings (SSSR count). The second-order valence-corrected chi connectivity index (χ2v) is 3.78. The van der Waals surface area contributed by atoms with Crippen LogP contribution >= 0.6 is 0 Å². The molecule has 0 aliphatic heterocycles. The lowest BCUT2D eigenvalue weighted by molar-refractivity contribution is -0.127. The molecule has 0 radical (unpaired) electrons. The molecule has 1 unspecified atom stereocenters. The first-order valence-electron chi connectivity index (χ1n) is 4.87. The van der Waals surface area contributed by atoms with Gasteiger partial charge in [-0.2, -0.15) is 0 Å². The van der Waals surface area contributed by atoms with Crippen LogP contribution in [0.5, 0.6) is 0 Å². The van der Waals surface area contributed by atoms with E-state index in [-0.39, 0.29) is 11.7 Å². The van der Waals surface area contributed by atoms with Crippen LogP contribution in [0, 0.1) is 5.92 Å². The minimum absolute atomic E-state index is 0.0706. The topological polar surface area (TPSA) is 50.2 Å². The molecule has 1 aromatic rings. The van der Waals surface area contributed by atoms with Gasteiger partial charge in [-0.15, -0.1) is 0 Å². The molecule has 1 aromatic heterocycles. The van der Waals surface area contributed by atoms with Crippen LogP contribution < -0.4 is 0 Å². The highest BCUT2D eigenvalue weighted by Crippen LogP contribution is 2.33. The van der Waals surface area contributed by atoms with Gasteiger partial charge in [0.05, 0.1) is 0 Å². The van der Waals surface area contributed by atoms with Crippen molar-refractivity contribution in [2.24, 2.45) is 5.92 Å². The number of aliphatic hydroxyl groups is 1. The van der Waals surface area contributed by atoms with Crippen molar-refractivity contribution in [1.82, 2.24) is 4.98 Å². The molecule has 1 aliphatic rings. The van der Waals surface area contributed by atoms with Gasteiger partial charge in [0.25, 0.3) is 0 Å². The minimum atomic E-state index is -0.747. The van der Waals surface area contributed by atoms with Gasteiger partial charge in [0.1, 0.15) is 6.10 Å². The minimum Gasteiger partial charge on any atom is -0.385 e. The van der Waals surface area contributed by atoms with E-state index in [0.29, 0.717) is 6.42 Å². The number of carbonyl (C=O) groups excluding carboxylic acids is 1. The summed E-state index contributed by atoms with van der Waals surface area (Å²) in [5.41, 5.74) is 0.921. The van der Waals surface area contributed by atoms with Crippen LogP contribution in [0.15, 0.2) is 24.5 Å². The number of nitrogens with zero attached hydrogens (tertiary/aromatic N) is 1. The Bertz CT molecular complexity index is 319. The fourth-order valence-electron chi connectivity index (χ4n) is 1.48. The molecule has 1 N–H and O–H groups in total. The molecular formula is C11H13NO2. The first-order valence-corrected chi connectivity index (χ1v) is 4.87. The SMILES string of the molecule is O=C(Cc1ccncc1)C(O)C1CC1. The highest BCUT2D eigenvalue weighted by molar-refractivity contribution is 5.85. The Hall–Kier alpha value is -1.22. The molecule has 1 aliphatic carbocycles. The summed E-state index contributed by atoms with van der Waals surface area (Å²) >= 11 is 0. The third-order valence-corrected chi connectivity index (χ3v) is 2.53. The molecular weight excluding hydrogens is 178 g/mol. The molecule has 1 heterocycles. The standard InChI is InChI=1S/C11H13NO2/c13-10(11(14)9-1-2-9)7-8-3-5-12-6-4-8/h3-6,9,11,14H,1-2,7H2. The maximum absolute atomic E-state index is 11.5. The lowest BCUT2D eigenvalue weighted by atomic mass is 10.0. The fourth-order valence-corrected chi connectivity index (χ4v) is 1.48. The van der Waals surface area contributed by atoms with Gasteiger partial charge in [0.15, 0.2) is 5.78 Å². The molecule has 74 valence electrons. The van der Waals surface area contributed by atoms with Crippen molar-refractivity contribution in [3.05, 3.63) is 30.1 Å². The van der Waals surface area contributed by atoms with Crippen molar-refractivity contribution in [3.8, 4) is 0 Å². The lowest BCUT2D eigenvalue weighted by Gasteiger charge is -2.07. The summed E-state index contributed by atoms with van der Waals surface area (Å²) in [7, 11) is 0. The number of aromatic nitrogens is 1. The number of ketones is 1. The van der Waals surface area contributed by atoms with E-state index in [4.69, 9.17) is 0 Å². The molecule has 0 amide bonds. The van der Waals surface area contributed by atoms with E-state index in [2.05, 4.69) is 4.98 Å². The van der Waals surface area contributed by atoms with Crippen molar-refractivity contribution in [2.75, 3.05) is 0 Å². The largest absolute Gasteiger partial charge is 0.385 e. The van der Waals surface area contributed by atoms with E-state index >= 15 is 0 Å². The highest BCUT2D eigenvalue weighted by atomic mass is 16.3. The van der Waals surface area contributed by atoms with Gasteiger partial charge < -0.3 is 5.11 Å². The van der Waals surface area contributed by atoms with Crippen LogP contribution in [0.25, 0.3) is 0 Å². The van der Waals surface area contributed by atoms with Crippen LogP contribution in [0.3, 0.4) is 0 Å². The first kappa shape index (κ1) is 9.34. The van der Waals surface area contributed by atoms with Crippen LogP contribution in [0.2, 0.25) is 0 Å². The van der Waals surface area contributed by atoms with Gasteiger partial charge in [-0.05, 0) is 36.5 Å². The molecule has 1 fully saturated rings. The van der Waals surface area contributed by atoms with Crippen LogP contribution in [-0.2, 0) is 11.2 Å². The third-order valence-electron chi connectivity index (χ3n) is 2.53. The average Bonchev–Trinajstić information content (AvgIpc) is 3.01. The normalized spacial score (nSPS) is 17.8. The van der Waals surface area contributed by atoms with Gasteiger partial charge >= 0.3 is 0 Å². The molecule has 3 heteroatoms. The molecule has 0 bridgehead atoms. The number of carbonyl (C=O) groups is 1. The van der Waals surface area contributed by atoms with Crippen LogP contribution in [0.4, 0.5) is 0 Å². The van der Waals surface area contributed by atoms with Gasteiger partial charge in [0, 0.05) is 18.8 Å². The second kappa shape index (κ2) is 3.88. The summed E-state index contributed by atoms with van der Waals surface area (Å²) in [5.74, 6) is 0.156. The summed E-state index contributed by atoms with van der Waals surface area (Å²) in [6, 6.07) is 3.61. The van der Waals surface area contributed by atoms with Gasteiger partial charge in [-0.3, -0.25) is 9.78 Å². The van der Waals surface area contributed by atoms with Crippen LogP contribution in [0.1, 0.15) is 18.4 Å². The Balaban J connectivity index is 1.94.